The highest BCUT2D eigenvalue weighted by molar-refractivity contribution is 5.15. The van der Waals surface area contributed by atoms with E-state index in [9.17, 15) is 0 Å². The van der Waals surface area contributed by atoms with Gasteiger partial charge in [0.1, 0.15) is 0 Å². The van der Waals surface area contributed by atoms with Gasteiger partial charge in [-0.05, 0) is 29.0 Å². The molecule has 0 unspecified atom stereocenters. The molecule has 0 amide bonds. The van der Waals surface area contributed by atoms with Crippen LogP contribution >= 0.6 is 0 Å². The summed E-state index contributed by atoms with van der Waals surface area (Å²) in [6, 6.07) is 10.7. The molecule has 0 bridgehead atoms. The Hall–Kier alpha value is -1.79. The molecule has 1 aliphatic rings. The van der Waals surface area contributed by atoms with Gasteiger partial charge in [0.15, 0.2) is 5.82 Å². The predicted molar refractivity (Wildman–Crippen MR) is 94.7 cm³/mol. The Labute approximate surface area is 144 Å². The Balaban J connectivity index is 1.76. The highest BCUT2D eigenvalue weighted by Crippen LogP contribution is 2.25. The fourth-order valence-corrected chi connectivity index (χ4v) is 3.46. The fraction of sp³-hybridized carbons (Fsp3) is 0.611. The van der Waals surface area contributed by atoms with Crippen molar-refractivity contribution in [2.24, 2.45) is 0 Å². The monoisotopic (exact) mass is 328 g/mol. The van der Waals surface area contributed by atoms with Crippen LogP contribution in [0.4, 0.5) is 0 Å². The van der Waals surface area contributed by atoms with E-state index in [-0.39, 0.29) is 0 Å². The van der Waals surface area contributed by atoms with Crippen molar-refractivity contribution in [3.8, 4) is 0 Å². The minimum atomic E-state index is 0.313. The highest BCUT2D eigenvalue weighted by Gasteiger charge is 2.28. The van der Waals surface area contributed by atoms with Gasteiger partial charge in [0.2, 0.25) is 0 Å². The minimum Gasteiger partial charge on any atom is -0.301 e. The first-order valence-corrected chi connectivity index (χ1v) is 9.08. The maximum atomic E-state index is 4.39. The van der Waals surface area contributed by atoms with Crippen molar-refractivity contribution < 1.29 is 0 Å². The van der Waals surface area contributed by atoms with Crippen molar-refractivity contribution in [2.45, 2.75) is 39.3 Å². The normalized spacial score (nSPS) is 17.9. The average molecular weight is 328 g/mol. The van der Waals surface area contributed by atoms with E-state index in [4.69, 9.17) is 0 Å². The van der Waals surface area contributed by atoms with Crippen molar-refractivity contribution in [3.05, 3.63) is 41.7 Å². The average Bonchev–Trinajstić information content (AvgIpc) is 3.08. The third-order valence-corrected chi connectivity index (χ3v) is 4.89. The van der Waals surface area contributed by atoms with Crippen LogP contribution in [0, 0.1) is 0 Å². The summed E-state index contributed by atoms with van der Waals surface area (Å²) >= 11 is 0. The molecule has 1 aromatic heterocycles. The van der Waals surface area contributed by atoms with Crippen LogP contribution in [0.1, 0.15) is 44.1 Å². The lowest BCUT2D eigenvalue weighted by Gasteiger charge is -2.38. The molecule has 0 saturated carbocycles. The topological polar surface area (TPSA) is 50.1 Å². The summed E-state index contributed by atoms with van der Waals surface area (Å²) in [4.78, 5) is 5.06. The zero-order valence-electron chi connectivity index (χ0n) is 14.8. The number of tetrazole rings is 1. The summed E-state index contributed by atoms with van der Waals surface area (Å²) in [7, 11) is 0. The molecule has 1 aliphatic heterocycles. The smallest absolute Gasteiger partial charge is 0.168 e. The van der Waals surface area contributed by atoms with Gasteiger partial charge >= 0.3 is 0 Å². The molecule has 0 aliphatic carbocycles. The van der Waals surface area contributed by atoms with Crippen LogP contribution < -0.4 is 0 Å². The minimum absolute atomic E-state index is 0.313. The number of rotatable bonds is 7. The number of likely N-dealkylation sites (N-methyl/N-ethyl adjacent to an activating group) is 1. The maximum absolute atomic E-state index is 4.39. The molecule has 6 heteroatoms. The van der Waals surface area contributed by atoms with E-state index < -0.39 is 0 Å². The Morgan fingerprint density at radius 2 is 1.79 bits per heavy atom. The zero-order chi connectivity index (χ0) is 16.8. The lowest BCUT2D eigenvalue weighted by molar-refractivity contribution is 0.0889. The van der Waals surface area contributed by atoms with Crippen molar-refractivity contribution >= 4 is 0 Å². The van der Waals surface area contributed by atoms with E-state index in [1.165, 1.54) is 5.56 Å². The Bertz CT molecular complexity index is 603. The highest BCUT2D eigenvalue weighted by atomic mass is 15.6. The molecule has 24 heavy (non-hydrogen) atoms. The van der Waals surface area contributed by atoms with Crippen molar-refractivity contribution in [1.29, 1.82) is 0 Å². The molecule has 130 valence electrons. The maximum Gasteiger partial charge on any atom is 0.168 e. The zero-order valence-corrected chi connectivity index (χ0v) is 14.8. The molecule has 2 aromatic rings. The molecular formula is C18H28N6. The van der Waals surface area contributed by atoms with E-state index in [0.29, 0.717) is 6.04 Å². The summed E-state index contributed by atoms with van der Waals surface area (Å²) in [5.74, 6) is 1.01. The van der Waals surface area contributed by atoms with Gasteiger partial charge in [-0.25, -0.2) is 4.68 Å². The second-order valence-electron chi connectivity index (χ2n) is 6.46. The first-order chi connectivity index (χ1) is 11.8. The van der Waals surface area contributed by atoms with Crippen molar-refractivity contribution in [3.63, 3.8) is 0 Å². The quantitative estimate of drug-likeness (QED) is 0.780. The van der Waals surface area contributed by atoms with E-state index in [0.717, 1.165) is 57.9 Å². The largest absolute Gasteiger partial charge is 0.301 e. The molecule has 1 aromatic carbocycles. The van der Waals surface area contributed by atoms with E-state index in [1.807, 2.05) is 10.7 Å². The van der Waals surface area contributed by atoms with Crippen molar-refractivity contribution in [1.82, 2.24) is 30.0 Å². The summed E-state index contributed by atoms with van der Waals surface area (Å²) in [5.41, 5.74) is 1.23. The molecule has 2 heterocycles. The first-order valence-electron chi connectivity index (χ1n) is 9.08. The number of hydrogen-bond acceptors (Lipinski definition) is 5. The lowest BCUT2D eigenvalue weighted by atomic mass is 10.1. The summed E-state index contributed by atoms with van der Waals surface area (Å²) in [6.45, 7) is 10.8. The molecule has 0 spiro atoms. The van der Waals surface area contributed by atoms with Crippen LogP contribution in [0.5, 0.6) is 0 Å². The molecule has 3 rings (SSSR count). The van der Waals surface area contributed by atoms with Gasteiger partial charge in [-0.1, -0.05) is 50.6 Å². The van der Waals surface area contributed by atoms with Crippen LogP contribution in [0.15, 0.2) is 30.3 Å². The Morgan fingerprint density at radius 3 is 2.46 bits per heavy atom. The van der Waals surface area contributed by atoms with Crippen LogP contribution in [0.2, 0.25) is 0 Å². The summed E-state index contributed by atoms with van der Waals surface area (Å²) in [5, 5.41) is 12.6. The number of hydrogen-bond donors (Lipinski definition) is 0. The van der Waals surface area contributed by atoms with Gasteiger partial charge in [-0.15, -0.1) is 5.10 Å². The van der Waals surface area contributed by atoms with Gasteiger partial charge in [0, 0.05) is 26.2 Å². The number of nitrogens with zero attached hydrogens (tertiary/aromatic N) is 6. The molecule has 1 atom stereocenters. The summed E-state index contributed by atoms with van der Waals surface area (Å²) < 4.78 is 1.97. The third-order valence-electron chi connectivity index (χ3n) is 4.89. The lowest BCUT2D eigenvalue weighted by Crippen LogP contribution is -2.47. The summed E-state index contributed by atoms with van der Waals surface area (Å²) in [6.07, 6.45) is 2.23. The van der Waals surface area contributed by atoms with Crippen LogP contribution in [-0.2, 0) is 6.54 Å². The van der Waals surface area contributed by atoms with Crippen LogP contribution in [0.25, 0.3) is 0 Å². The molecule has 0 N–H and O–H groups in total. The number of benzene rings is 1. The SMILES string of the molecule is CCC[C@H](c1nnnn1Cc1ccccc1)N1CCN(CC)CC1. The first kappa shape index (κ1) is 17.0. The van der Waals surface area contributed by atoms with Gasteiger partial charge in [0.05, 0.1) is 12.6 Å². The predicted octanol–water partition coefficient (Wildman–Crippen LogP) is 2.20. The Kier molecular flexibility index (Phi) is 5.93. The van der Waals surface area contributed by atoms with E-state index in [2.05, 4.69) is 63.4 Å². The number of piperazine rings is 1. The molecule has 1 fully saturated rings. The van der Waals surface area contributed by atoms with Gasteiger partial charge in [-0.3, -0.25) is 4.90 Å². The Morgan fingerprint density at radius 1 is 1.04 bits per heavy atom. The molecule has 0 radical (unpaired) electrons. The van der Waals surface area contributed by atoms with Gasteiger partial charge in [0.25, 0.3) is 0 Å². The van der Waals surface area contributed by atoms with Crippen LogP contribution in [-0.4, -0.2) is 62.7 Å². The second kappa shape index (κ2) is 8.35. The molecule has 6 nitrogen and oxygen atoms in total. The molecular weight excluding hydrogens is 300 g/mol. The van der Waals surface area contributed by atoms with E-state index in [1.54, 1.807) is 0 Å². The number of aromatic nitrogens is 4. The van der Waals surface area contributed by atoms with Gasteiger partial charge in [-0.2, -0.15) is 0 Å². The molecule has 1 saturated heterocycles. The van der Waals surface area contributed by atoms with Crippen molar-refractivity contribution in [2.75, 3.05) is 32.7 Å². The van der Waals surface area contributed by atoms with Crippen LogP contribution in [0.3, 0.4) is 0 Å². The standard InChI is InChI=1S/C18H28N6/c1-3-8-17(23-13-11-22(4-2)12-14-23)18-19-20-21-24(18)15-16-9-6-5-7-10-16/h5-7,9-10,17H,3-4,8,11-15H2,1-2H3/t17-/m1/s1. The van der Waals surface area contributed by atoms with E-state index >= 15 is 0 Å². The van der Waals surface area contributed by atoms with Gasteiger partial charge < -0.3 is 4.90 Å². The second-order valence-corrected chi connectivity index (χ2v) is 6.46. The fourth-order valence-electron chi connectivity index (χ4n) is 3.46. The third kappa shape index (κ3) is 3.99.